The van der Waals surface area contributed by atoms with Crippen molar-refractivity contribution in [2.45, 2.75) is 13.0 Å². The van der Waals surface area contributed by atoms with E-state index < -0.39 is 17.7 Å². The summed E-state index contributed by atoms with van der Waals surface area (Å²) in [7, 11) is 1.36. The van der Waals surface area contributed by atoms with Crippen LogP contribution >= 0.6 is 0 Å². The predicted octanol–water partition coefficient (Wildman–Crippen LogP) is 1.27. The van der Waals surface area contributed by atoms with Crippen molar-refractivity contribution in [1.82, 2.24) is 4.90 Å². The van der Waals surface area contributed by atoms with Gasteiger partial charge in [0.15, 0.2) is 11.6 Å². The van der Waals surface area contributed by atoms with Crippen molar-refractivity contribution in [1.29, 1.82) is 0 Å². The molecule has 0 bridgehead atoms. The van der Waals surface area contributed by atoms with Crippen LogP contribution in [0.1, 0.15) is 12.0 Å². The van der Waals surface area contributed by atoms with Gasteiger partial charge in [-0.2, -0.15) is 0 Å². The van der Waals surface area contributed by atoms with E-state index in [2.05, 4.69) is 0 Å². The second kappa shape index (κ2) is 5.26. The lowest BCUT2D eigenvalue weighted by molar-refractivity contribution is -0.141. The van der Waals surface area contributed by atoms with Crippen LogP contribution < -0.4 is 4.74 Å². The Morgan fingerprint density at radius 3 is 2.89 bits per heavy atom. The molecular formula is C13H14FNO4. The minimum atomic E-state index is -0.998. The number of carbonyl (C=O) groups is 2. The minimum Gasteiger partial charge on any atom is -0.494 e. The molecule has 1 fully saturated rings. The van der Waals surface area contributed by atoms with Gasteiger partial charge in [-0.25, -0.2) is 4.39 Å². The van der Waals surface area contributed by atoms with Gasteiger partial charge in [0.1, 0.15) is 0 Å². The molecular weight excluding hydrogens is 253 g/mol. The molecule has 1 aromatic carbocycles. The normalized spacial score (nSPS) is 18.7. The SMILES string of the molecule is COc1cccc(CN2CC(C(=O)O)CC2=O)c1F. The zero-order valence-corrected chi connectivity index (χ0v) is 10.4. The Labute approximate surface area is 109 Å². The molecule has 1 saturated heterocycles. The van der Waals surface area contributed by atoms with Crippen molar-refractivity contribution < 1.29 is 23.8 Å². The molecule has 0 aromatic heterocycles. The topological polar surface area (TPSA) is 66.8 Å². The minimum absolute atomic E-state index is 0.0269. The van der Waals surface area contributed by atoms with Crippen molar-refractivity contribution in [3.63, 3.8) is 0 Å². The summed E-state index contributed by atoms with van der Waals surface area (Å²) in [6.07, 6.45) is -0.0269. The van der Waals surface area contributed by atoms with E-state index in [0.29, 0.717) is 5.56 Å². The van der Waals surface area contributed by atoms with E-state index in [-0.39, 0.29) is 31.2 Å². The van der Waals surface area contributed by atoms with Crippen LogP contribution in [0.15, 0.2) is 18.2 Å². The van der Waals surface area contributed by atoms with Crippen molar-refractivity contribution >= 4 is 11.9 Å². The number of nitrogens with zero attached hydrogens (tertiary/aromatic N) is 1. The average molecular weight is 267 g/mol. The van der Waals surface area contributed by atoms with Gasteiger partial charge in [0.25, 0.3) is 0 Å². The maximum absolute atomic E-state index is 13.9. The Bertz CT molecular complexity index is 517. The second-order valence-electron chi connectivity index (χ2n) is 4.45. The van der Waals surface area contributed by atoms with E-state index in [1.807, 2.05) is 0 Å². The summed E-state index contributed by atoms with van der Waals surface area (Å²) in [5, 5.41) is 8.88. The van der Waals surface area contributed by atoms with Gasteiger partial charge in [0.2, 0.25) is 5.91 Å². The highest BCUT2D eigenvalue weighted by Gasteiger charge is 2.34. The number of carbonyl (C=O) groups excluding carboxylic acids is 1. The zero-order chi connectivity index (χ0) is 14.0. The monoisotopic (exact) mass is 267 g/mol. The molecule has 1 unspecified atom stereocenters. The number of hydrogen-bond acceptors (Lipinski definition) is 3. The van der Waals surface area contributed by atoms with Gasteiger partial charge in [0.05, 0.1) is 13.0 Å². The van der Waals surface area contributed by atoms with E-state index in [9.17, 15) is 14.0 Å². The Hall–Kier alpha value is -2.11. The first-order chi connectivity index (χ1) is 9.02. The quantitative estimate of drug-likeness (QED) is 0.892. The Kier molecular flexibility index (Phi) is 3.69. The van der Waals surface area contributed by atoms with Crippen molar-refractivity contribution in [2.75, 3.05) is 13.7 Å². The van der Waals surface area contributed by atoms with Gasteiger partial charge in [-0.1, -0.05) is 12.1 Å². The number of carboxylic acid groups (broad SMARTS) is 1. The number of aliphatic carboxylic acids is 1. The first-order valence-corrected chi connectivity index (χ1v) is 5.85. The lowest BCUT2D eigenvalue weighted by Gasteiger charge is -2.17. The molecule has 1 atom stereocenters. The summed E-state index contributed by atoms with van der Waals surface area (Å²) in [6, 6.07) is 4.68. The van der Waals surface area contributed by atoms with Crippen LogP contribution in [0.4, 0.5) is 4.39 Å². The maximum Gasteiger partial charge on any atom is 0.308 e. The number of methoxy groups -OCH3 is 1. The highest BCUT2D eigenvalue weighted by Crippen LogP contribution is 2.24. The Morgan fingerprint density at radius 1 is 1.58 bits per heavy atom. The summed E-state index contributed by atoms with van der Waals surface area (Å²) in [4.78, 5) is 23.9. The summed E-state index contributed by atoms with van der Waals surface area (Å²) < 4.78 is 18.8. The lowest BCUT2D eigenvalue weighted by Crippen LogP contribution is -2.26. The van der Waals surface area contributed by atoms with E-state index in [1.54, 1.807) is 12.1 Å². The van der Waals surface area contributed by atoms with Crippen LogP contribution in [0, 0.1) is 11.7 Å². The fourth-order valence-electron chi connectivity index (χ4n) is 2.13. The van der Waals surface area contributed by atoms with Crippen LogP contribution in [0.2, 0.25) is 0 Å². The van der Waals surface area contributed by atoms with Crippen LogP contribution in [0.3, 0.4) is 0 Å². The smallest absolute Gasteiger partial charge is 0.308 e. The number of halogens is 1. The van der Waals surface area contributed by atoms with Gasteiger partial charge >= 0.3 is 5.97 Å². The highest BCUT2D eigenvalue weighted by molar-refractivity contribution is 5.86. The number of rotatable bonds is 4. The van der Waals surface area contributed by atoms with E-state index in [0.717, 1.165) is 0 Å². The standard InChI is InChI=1S/C13H14FNO4/c1-19-10-4-2-3-8(12(10)14)6-15-7-9(13(17)18)5-11(15)16/h2-4,9H,5-7H2,1H3,(H,17,18). The molecule has 5 nitrogen and oxygen atoms in total. The van der Waals surface area contributed by atoms with Gasteiger partial charge in [-0.05, 0) is 6.07 Å². The van der Waals surface area contributed by atoms with Crippen LogP contribution in [-0.4, -0.2) is 35.5 Å². The highest BCUT2D eigenvalue weighted by atomic mass is 19.1. The van der Waals surface area contributed by atoms with Gasteiger partial charge in [-0.3, -0.25) is 9.59 Å². The van der Waals surface area contributed by atoms with Crippen LogP contribution in [0.25, 0.3) is 0 Å². The molecule has 0 saturated carbocycles. The molecule has 0 spiro atoms. The molecule has 1 amide bonds. The molecule has 2 rings (SSSR count). The number of benzene rings is 1. The van der Waals surface area contributed by atoms with E-state index in [1.165, 1.54) is 18.1 Å². The molecule has 1 aliphatic rings. The third kappa shape index (κ3) is 2.67. The van der Waals surface area contributed by atoms with Crippen molar-refractivity contribution in [3.8, 4) is 5.75 Å². The summed E-state index contributed by atoms with van der Waals surface area (Å²) in [6.45, 7) is 0.177. The number of hydrogen-bond donors (Lipinski definition) is 1. The molecule has 0 radical (unpaired) electrons. The fraction of sp³-hybridized carbons (Fsp3) is 0.385. The predicted molar refractivity (Wildman–Crippen MR) is 64.1 cm³/mol. The molecule has 1 N–H and O–H groups in total. The van der Waals surface area contributed by atoms with Crippen molar-refractivity contribution in [2.24, 2.45) is 5.92 Å². The van der Waals surface area contributed by atoms with Crippen LogP contribution in [-0.2, 0) is 16.1 Å². The Balaban J connectivity index is 2.14. The molecule has 1 aromatic rings. The maximum atomic E-state index is 13.9. The molecule has 19 heavy (non-hydrogen) atoms. The van der Waals surface area contributed by atoms with Crippen LogP contribution in [0.5, 0.6) is 5.75 Å². The number of amides is 1. The van der Waals surface area contributed by atoms with Gasteiger partial charge in [-0.15, -0.1) is 0 Å². The largest absolute Gasteiger partial charge is 0.494 e. The summed E-state index contributed by atoms with van der Waals surface area (Å²) in [5.74, 6) is -2.38. The molecule has 102 valence electrons. The molecule has 6 heteroatoms. The van der Waals surface area contributed by atoms with E-state index >= 15 is 0 Å². The third-order valence-corrected chi connectivity index (χ3v) is 3.19. The molecule has 1 heterocycles. The second-order valence-corrected chi connectivity index (χ2v) is 4.45. The number of carboxylic acids is 1. The zero-order valence-electron chi connectivity index (χ0n) is 10.4. The summed E-state index contributed by atoms with van der Waals surface area (Å²) in [5.41, 5.74) is 0.318. The fourth-order valence-corrected chi connectivity index (χ4v) is 2.13. The number of ether oxygens (including phenoxy) is 1. The molecule has 0 aliphatic carbocycles. The first-order valence-electron chi connectivity index (χ1n) is 5.85. The lowest BCUT2D eigenvalue weighted by atomic mass is 10.1. The van der Waals surface area contributed by atoms with Gasteiger partial charge < -0.3 is 14.7 Å². The molecule has 1 aliphatic heterocycles. The Morgan fingerprint density at radius 2 is 2.32 bits per heavy atom. The van der Waals surface area contributed by atoms with Crippen molar-refractivity contribution in [3.05, 3.63) is 29.6 Å². The average Bonchev–Trinajstić information content (AvgIpc) is 2.74. The van der Waals surface area contributed by atoms with E-state index in [4.69, 9.17) is 9.84 Å². The number of likely N-dealkylation sites (tertiary alicyclic amines) is 1. The van der Waals surface area contributed by atoms with Gasteiger partial charge in [0, 0.05) is 25.1 Å². The first kappa shape index (κ1) is 13.3. The third-order valence-electron chi connectivity index (χ3n) is 3.19. The summed E-state index contributed by atoms with van der Waals surface area (Å²) >= 11 is 0.